The zero-order chi connectivity index (χ0) is 33.9. The van der Waals surface area contributed by atoms with Crippen molar-refractivity contribution in [2.75, 3.05) is 6.54 Å². The van der Waals surface area contributed by atoms with E-state index < -0.39 is 23.4 Å². The second-order valence-electron chi connectivity index (χ2n) is 13.9. The van der Waals surface area contributed by atoms with Crippen molar-refractivity contribution in [3.05, 3.63) is 70.8 Å². The maximum absolute atomic E-state index is 14.5. The molecule has 1 aliphatic heterocycles. The molecular formula is C34H46F3N7O2. The van der Waals surface area contributed by atoms with Crippen molar-refractivity contribution in [1.82, 2.24) is 15.8 Å². The SMILES string of the molecule is CC(C)C1CCC2(CC1)N=C(c1cccc(C(F)(F)F)c1)C(=O)N2C(CCC(C)(C)C)c1ccc(C(=O)NCC(N)=NNN)cc1. The van der Waals surface area contributed by atoms with Crippen LogP contribution in [0.15, 0.2) is 58.6 Å². The number of aliphatic imine (C=N–C) groups is 1. The molecule has 2 aliphatic rings. The number of hydrogen-bond acceptors (Lipinski definition) is 6. The molecule has 2 aromatic rings. The third-order valence-corrected chi connectivity index (χ3v) is 9.10. The minimum absolute atomic E-state index is 0.00316. The van der Waals surface area contributed by atoms with Crippen molar-refractivity contribution >= 4 is 23.4 Å². The number of alkyl halides is 3. The molecule has 1 heterocycles. The number of carbonyl (C=O) groups excluding carboxylic acids is 2. The fraction of sp³-hybridized carbons (Fsp3) is 0.529. The van der Waals surface area contributed by atoms with E-state index in [0.29, 0.717) is 36.7 Å². The van der Waals surface area contributed by atoms with Gasteiger partial charge in [-0.05, 0) is 85.6 Å². The van der Waals surface area contributed by atoms with Gasteiger partial charge in [0.1, 0.15) is 17.2 Å². The predicted molar refractivity (Wildman–Crippen MR) is 174 cm³/mol. The van der Waals surface area contributed by atoms with Gasteiger partial charge in [0.05, 0.1) is 18.2 Å². The molecule has 9 nitrogen and oxygen atoms in total. The normalized spacial score (nSPS) is 21.5. The molecule has 1 unspecified atom stereocenters. The third kappa shape index (κ3) is 8.07. The largest absolute Gasteiger partial charge is 0.416 e. The molecule has 4 rings (SSSR count). The first-order valence-corrected chi connectivity index (χ1v) is 15.8. The van der Waals surface area contributed by atoms with E-state index in [2.05, 4.69) is 50.6 Å². The first-order valence-electron chi connectivity index (χ1n) is 15.8. The Hall–Kier alpha value is -3.93. The monoisotopic (exact) mass is 641 g/mol. The van der Waals surface area contributed by atoms with Crippen LogP contribution < -0.4 is 22.4 Å². The Morgan fingerprint density at radius 1 is 1.11 bits per heavy atom. The number of hydrazone groups is 1. The molecule has 1 saturated carbocycles. The lowest BCUT2D eigenvalue weighted by atomic mass is 9.75. The van der Waals surface area contributed by atoms with Crippen LogP contribution in [-0.4, -0.2) is 40.5 Å². The van der Waals surface area contributed by atoms with Crippen LogP contribution in [0.1, 0.15) is 106 Å². The fourth-order valence-corrected chi connectivity index (χ4v) is 6.46. The number of nitrogens with two attached hydrogens (primary N) is 2. The number of rotatable bonds is 10. The molecule has 0 saturated heterocycles. The summed E-state index contributed by atoms with van der Waals surface area (Å²) in [6.07, 6.45) is -0.194. The lowest BCUT2D eigenvalue weighted by molar-refractivity contribution is -0.137. The topological polar surface area (TPSA) is 138 Å². The van der Waals surface area contributed by atoms with E-state index in [1.165, 1.54) is 12.1 Å². The van der Waals surface area contributed by atoms with Gasteiger partial charge >= 0.3 is 6.18 Å². The van der Waals surface area contributed by atoms with Crippen LogP contribution in [0.3, 0.4) is 0 Å². The highest BCUT2D eigenvalue weighted by Crippen LogP contribution is 2.48. The fourth-order valence-electron chi connectivity index (χ4n) is 6.46. The molecule has 2 amide bonds. The molecule has 250 valence electrons. The summed E-state index contributed by atoms with van der Waals surface area (Å²) in [5.74, 6) is 5.46. The Balaban J connectivity index is 1.74. The smallest absolute Gasteiger partial charge is 0.384 e. The van der Waals surface area contributed by atoms with Crippen molar-refractivity contribution in [3.8, 4) is 0 Å². The van der Waals surface area contributed by atoms with Gasteiger partial charge in [0.15, 0.2) is 0 Å². The van der Waals surface area contributed by atoms with Gasteiger partial charge in [-0.1, -0.05) is 58.9 Å². The van der Waals surface area contributed by atoms with Gasteiger partial charge in [-0.25, -0.2) is 11.4 Å². The summed E-state index contributed by atoms with van der Waals surface area (Å²) in [7, 11) is 0. The van der Waals surface area contributed by atoms with Crippen LogP contribution in [0, 0.1) is 17.3 Å². The average molecular weight is 642 g/mol. The van der Waals surface area contributed by atoms with Crippen molar-refractivity contribution in [2.45, 2.75) is 91.0 Å². The number of hydrazine groups is 1. The minimum Gasteiger partial charge on any atom is -0.384 e. The van der Waals surface area contributed by atoms with E-state index in [-0.39, 0.29) is 40.9 Å². The molecule has 46 heavy (non-hydrogen) atoms. The number of amidine groups is 1. The van der Waals surface area contributed by atoms with E-state index in [0.717, 1.165) is 37.0 Å². The summed E-state index contributed by atoms with van der Waals surface area (Å²) < 4.78 is 41.1. The zero-order valence-corrected chi connectivity index (χ0v) is 27.2. The van der Waals surface area contributed by atoms with Gasteiger partial charge in [-0.2, -0.15) is 18.3 Å². The maximum atomic E-state index is 14.5. The summed E-state index contributed by atoms with van der Waals surface area (Å²) in [5, 5.41) is 6.31. The van der Waals surface area contributed by atoms with Gasteiger partial charge in [0.2, 0.25) is 0 Å². The summed E-state index contributed by atoms with van der Waals surface area (Å²) in [5.41, 5.74) is 7.49. The highest BCUT2D eigenvalue weighted by Gasteiger charge is 2.52. The molecule has 2 aromatic carbocycles. The van der Waals surface area contributed by atoms with E-state index in [1.807, 2.05) is 17.0 Å². The Kier molecular flexibility index (Phi) is 10.5. The Bertz CT molecular complexity index is 1450. The molecular weight excluding hydrogens is 595 g/mol. The second kappa shape index (κ2) is 13.8. The number of halogens is 3. The van der Waals surface area contributed by atoms with Crippen LogP contribution >= 0.6 is 0 Å². The number of benzene rings is 2. The van der Waals surface area contributed by atoms with Crippen LogP contribution in [0.2, 0.25) is 0 Å². The summed E-state index contributed by atoms with van der Waals surface area (Å²) >= 11 is 0. The lowest BCUT2D eigenvalue weighted by Crippen LogP contribution is -2.51. The van der Waals surface area contributed by atoms with Crippen molar-refractivity contribution in [1.29, 1.82) is 0 Å². The molecule has 0 radical (unpaired) electrons. The van der Waals surface area contributed by atoms with Crippen LogP contribution in [0.5, 0.6) is 0 Å². The number of carbonyl (C=O) groups is 2. The average Bonchev–Trinajstić information content (AvgIpc) is 3.27. The third-order valence-electron chi connectivity index (χ3n) is 9.10. The van der Waals surface area contributed by atoms with Crippen LogP contribution in [0.4, 0.5) is 13.2 Å². The molecule has 1 fully saturated rings. The molecule has 12 heteroatoms. The summed E-state index contributed by atoms with van der Waals surface area (Å²) in [4.78, 5) is 34.2. The number of nitrogens with one attached hydrogen (secondary N) is 2. The molecule has 0 bridgehead atoms. The molecule has 1 spiro atoms. The molecule has 0 aromatic heterocycles. The van der Waals surface area contributed by atoms with Gasteiger partial charge in [-0.15, -0.1) is 0 Å². The number of nitrogens with zero attached hydrogens (tertiary/aromatic N) is 3. The zero-order valence-electron chi connectivity index (χ0n) is 27.2. The molecule has 1 aliphatic carbocycles. The predicted octanol–water partition coefficient (Wildman–Crippen LogP) is 5.91. The van der Waals surface area contributed by atoms with Crippen LogP contribution in [-0.2, 0) is 11.0 Å². The van der Waals surface area contributed by atoms with Crippen molar-refractivity contribution in [3.63, 3.8) is 0 Å². The lowest BCUT2D eigenvalue weighted by Gasteiger charge is -2.46. The quantitative estimate of drug-likeness (QED) is 0.111. The summed E-state index contributed by atoms with van der Waals surface area (Å²) in [6, 6.07) is 11.5. The Morgan fingerprint density at radius 2 is 1.76 bits per heavy atom. The maximum Gasteiger partial charge on any atom is 0.416 e. The van der Waals surface area contributed by atoms with Gasteiger partial charge in [-0.3, -0.25) is 14.6 Å². The van der Waals surface area contributed by atoms with Gasteiger partial charge < -0.3 is 16.0 Å². The van der Waals surface area contributed by atoms with Crippen molar-refractivity contribution in [2.24, 2.45) is 38.9 Å². The number of hydrogen-bond donors (Lipinski definition) is 4. The van der Waals surface area contributed by atoms with E-state index >= 15 is 0 Å². The van der Waals surface area contributed by atoms with E-state index in [1.54, 1.807) is 12.1 Å². The molecule has 6 N–H and O–H groups in total. The second-order valence-corrected chi connectivity index (χ2v) is 13.9. The van der Waals surface area contributed by atoms with Gasteiger partial charge in [0, 0.05) is 11.1 Å². The molecule has 1 atom stereocenters. The van der Waals surface area contributed by atoms with E-state index in [4.69, 9.17) is 16.6 Å². The highest BCUT2D eigenvalue weighted by atomic mass is 19.4. The van der Waals surface area contributed by atoms with E-state index in [9.17, 15) is 22.8 Å². The first kappa shape index (κ1) is 34.9. The van der Waals surface area contributed by atoms with Gasteiger partial charge in [0.25, 0.3) is 11.8 Å². The first-order chi connectivity index (χ1) is 21.5. The minimum atomic E-state index is -4.55. The van der Waals surface area contributed by atoms with Crippen LogP contribution in [0.25, 0.3) is 0 Å². The Labute approximate surface area is 269 Å². The van der Waals surface area contributed by atoms with Crippen molar-refractivity contribution < 1.29 is 22.8 Å². The summed E-state index contributed by atoms with van der Waals surface area (Å²) in [6.45, 7) is 10.8. The standard InChI is InChI=1S/C34H46F3N7O2/c1-21(2)22-13-17-33(18-14-22)41-29(25-7-6-8-26(19-25)34(35,36)37)31(46)44(33)27(15-16-32(3,4)5)23-9-11-24(12-10-23)30(45)40-20-28(38)42-43-39/h6-12,19,21-22,27,43H,13-18,20,39H2,1-5H3,(H2,38,42)(H,40,45). The highest BCUT2D eigenvalue weighted by molar-refractivity contribution is 6.46. The Morgan fingerprint density at radius 3 is 2.33 bits per heavy atom. The number of amides is 2.